The number of fused-ring (bicyclic) bond motifs is 1. The van der Waals surface area contributed by atoms with Crippen molar-refractivity contribution in [3.63, 3.8) is 0 Å². The van der Waals surface area contributed by atoms with Gasteiger partial charge in [0, 0.05) is 45.3 Å². The molecule has 2 aromatic rings. The molecule has 0 atom stereocenters. The van der Waals surface area contributed by atoms with Crippen LogP contribution in [0.1, 0.15) is 50.6 Å². The minimum absolute atomic E-state index is 0.366. The van der Waals surface area contributed by atoms with Gasteiger partial charge in [0.25, 0.3) is 0 Å². The molecule has 140 valence electrons. The summed E-state index contributed by atoms with van der Waals surface area (Å²) in [6.45, 7) is 4.53. The van der Waals surface area contributed by atoms with Crippen LogP contribution in [0.3, 0.4) is 0 Å². The van der Waals surface area contributed by atoms with Crippen LogP contribution in [0, 0.1) is 5.92 Å². The van der Waals surface area contributed by atoms with Crippen molar-refractivity contribution in [3.05, 3.63) is 36.3 Å². The van der Waals surface area contributed by atoms with Crippen LogP contribution in [0.25, 0.3) is 5.65 Å². The first-order valence-electron chi connectivity index (χ1n) is 10.2. The van der Waals surface area contributed by atoms with Crippen LogP contribution < -0.4 is 0 Å². The molecule has 0 aromatic carbocycles. The summed E-state index contributed by atoms with van der Waals surface area (Å²) in [5.74, 6) is 1.16. The van der Waals surface area contributed by atoms with Crippen molar-refractivity contribution >= 4 is 11.6 Å². The molecule has 1 aliphatic carbocycles. The number of aromatic nitrogens is 2. The maximum atomic E-state index is 12.5. The Morgan fingerprint density at radius 3 is 2.69 bits per heavy atom. The normalized spacial score (nSPS) is 19.9. The number of piperazine rings is 1. The lowest BCUT2D eigenvalue weighted by Crippen LogP contribution is -2.48. The minimum Gasteiger partial charge on any atom is -0.340 e. The van der Waals surface area contributed by atoms with E-state index in [0.717, 1.165) is 57.1 Å². The van der Waals surface area contributed by atoms with Crippen molar-refractivity contribution in [3.8, 4) is 0 Å². The highest BCUT2D eigenvalue weighted by Crippen LogP contribution is 2.27. The van der Waals surface area contributed by atoms with E-state index in [-0.39, 0.29) is 0 Å². The van der Waals surface area contributed by atoms with Gasteiger partial charge in [-0.15, -0.1) is 0 Å². The van der Waals surface area contributed by atoms with Crippen LogP contribution in [0.15, 0.2) is 30.6 Å². The molecule has 1 saturated heterocycles. The van der Waals surface area contributed by atoms with Gasteiger partial charge in [0.1, 0.15) is 5.65 Å². The van der Waals surface area contributed by atoms with E-state index in [1.807, 2.05) is 24.4 Å². The summed E-state index contributed by atoms with van der Waals surface area (Å²) < 4.78 is 2.15. The number of hydrogen-bond acceptors (Lipinski definition) is 3. The second-order valence-corrected chi connectivity index (χ2v) is 7.88. The fourth-order valence-corrected chi connectivity index (χ4v) is 4.45. The summed E-state index contributed by atoms with van der Waals surface area (Å²) in [5, 5.41) is 0. The standard InChI is InChI=1S/C21H30N4O/c26-21(10-9-18-6-2-1-3-7-18)24-14-12-23(13-15-24)17-19-16-22-20-8-4-5-11-25(19)20/h4-5,8,11,16,18H,1-3,6-7,9-10,12-15,17H2. The largest absolute Gasteiger partial charge is 0.340 e. The molecule has 5 nitrogen and oxygen atoms in total. The summed E-state index contributed by atoms with van der Waals surface area (Å²) in [5.41, 5.74) is 2.22. The fraction of sp³-hybridized carbons (Fsp3) is 0.619. The topological polar surface area (TPSA) is 40.9 Å². The summed E-state index contributed by atoms with van der Waals surface area (Å²) in [6.07, 6.45) is 12.7. The fourth-order valence-electron chi connectivity index (χ4n) is 4.45. The zero-order valence-corrected chi connectivity index (χ0v) is 15.6. The lowest BCUT2D eigenvalue weighted by atomic mass is 9.86. The van der Waals surface area contributed by atoms with Crippen molar-refractivity contribution in [1.29, 1.82) is 0 Å². The van der Waals surface area contributed by atoms with E-state index in [1.165, 1.54) is 37.8 Å². The lowest BCUT2D eigenvalue weighted by Gasteiger charge is -2.35. The Bertz CT molecular complexity index is 726. The van der Waals surface area contributed by atoms with E-state index in [2.05, 4.69) is 25.4 Å². The Morgan fingerprint density at radius 1 is 1.08 bits per heavy atom. The molecule has 26 heavy (non-hydrogen) atoms. The van der Waals surface area contributed by atoms with Crippen molar-refractivity contribution in [2.24, 2.45) is 5.92 Å². The van der Waals surface area contributed by atoms with Crippen LogP contribution in [-0.2, 0) is 11.3 Å². The predicted octanol–water partition coefficient (Wildman–Crippen LogP) is 3.34. The number of nitrogens with zero attached hydrogens (tertiary/aromatic N) is 4. The van der Waals surface area contributed by atoms with Gasteiger partial charge in [0.15, 0.2) is 0 Å². The molecule has 0 bridgehead atoms. The molecule has 3 heterocycles. The molecule has 5 heteroatoms. The highest BCUT2D eigenvalue weighted by atomic mass is 16.2. The number of imidazole rings is 1. The highest BCUT2D eigenvalue weighted by Gasteiger charge is 2.23. The van der Waals surface area contributed by atoms with E-state index >= 15 is 0 Å². The van der Waals surface area contributed by atoms with Gasteiger partial charge in [0.05, 0.1) is 11.9 Å². The van der Waals surface area contributed by atoms with Crippen molar-refractivity contribution in [1.82, 2.24) is 19.2 Å². The van der Waals surface area contributed by atoms with E-state index in [9.17, 15) is 4.79 Å². The van der Waals surface area contributed by atoms with Gasteiger partial charge in [-0.25, -0.2) is 4.98 Å². The van der Waals surface area contributed by atoms with Crippen LogP contribution in [0.4, 0.5) is 0 Å². The second-order valence-electron chi connectivity index (χ2n) is 7.88. The van der Waals surface area contributed by atoms with E-state index in [1.54, 1.807) is 0 Å². The summed E-state index contributed by atoms with van der Waals surface area (Å²) >= 11 is 0. The van der Waals surface area contributed by atoms with Crippen LogP contribution in [-0.4, -0.2) is 51.3 Å². The first kappa shape index (κ1) is 17.5. The molecule has 1 amide bonds. The number of carbonyl (C=O) groups excluding carboxylic acids is 1. The van der Waals surface area contributed by atoms with Gasteiger partial charge in [-0.05, 0) is 24.5 Å². The van der Waals surface area contributed by atoms with E-state index in [0.29, 0.717) is 5.91 Å². The number of hydrogen-bond donors (Lipinski definition) is 0. The van der Waals surface area contributed by atoms with Crippen LogP contribution in [0.2, 0.25) is 0 Å². The van der Waals surface area contributed by atoms with Crippen molar-refractivity contribution < 1.29 is 4.79 Å². The Balaban J connectivity index is 1.24. The first-order valence-corrected chi connectivity index (χ1v) is 10.2. The lowest BCUT2D eigenvalue weighted by molar-refractivity contribution is -0.133. The molecule has 0 spiro atoms. The van der Waals surface area contributed by atoms with E-state index < -0.39 is 0 Å². The monoisotopic (exact) mass is 354 g/mol. The van der Waals surface area contributed by atoms with Gasteiger partial charge in [0.2, 0.25) is 5.91 Å². The number of carbonyl (C=O) groups is 1. The number of amides is 1. The summed E-state index contributed by atoms with van der Waals surface area (Å²) in [7, 11) is 0. The molecule has 1 aliphatic heterocycles. The Hall–Kier alpha value is -1.88. The van der Waals surface area contributed by atoms with Crippen molar-refractivity contribution in [2.45, 2.75) is 51.5 Å². The molecule has 4 rings (SSSR count). The van der Waals surface area contributed by atoms with Gasteiger partial charge >= 0.3 is 0 Å². The molecule has 1 saturated carbocycles. The molecule has 0 N–H and O–H groups in total. The summed E-state index contributed by atoms with van der Waals surface area (Å²) in [4.78, 5) is 21.5. The third-order valence-electron chi connectivity index (χ3n) is 6.10. The molecule has 0 radical (unpaired) electrons. The smallest absolute Gasteiger partial charge is 0.222 e. The molecule has 2 aromatic heterocycles. The summed E-state index contributed by atoms with van der Waals surface area (Å²) in [6, 6.07) is 6.09. The van der Waals surface area contributed by atoms with Crippen molar-refractivity contribution in [2.75, 3.05) is 26.2 Å². The Labute approximate surface area is 156 Å². The van der Waals surface area contributed by atoms with Gasteiger partial charge in [-0.3, -0.25) is 9.69 Å². The maximum Gasteiger partial charge on any atom is 0.222 e. The number of rotatable bonds is 5. The average Bonchev–Trinajstić information content (AvgIpc) is 3.10. The highest BCUT2D eigenvalue weighted by molar-refractivity contribution is 5.76. The third-order valence-corrected chi connectivity index (χ3v) is 6.10. The van der Waals surface area contributed by atoms with Crippen LogP contribution in [0.5, 0.6) is 0 Å². The molecule has 2 aliphatic rings. The Kier molecular flexibility index (Phi) is 5.54. The zero-order valence-electron chi connectivity index (χ0n) is 15.6. The van der Waals surface area contributed by atoms with E-state index in [4.69, 9.17) is 0 Å². The SMILES string of the molecule is O=C(CCC1CCCCC1)N1CCN(Cc2cnc3ccccn23)CC1. The molecular formula is C21H30N4O. The first-order chi connectivity index (χ1) is 12.8. The molecule has 0 unspecified atom stereocenters. The van der Waals surface area contributed by atoms with Gasteiger partial charge in [-0.1, -0.05) is 38.2 Å². The minimum atomic E-state index is 0.366. The Morgan fingerprint density at radius 2 is 1.88 bits per heavy atom. The predicted molar refractivity (Wildman–Crippen MR) is 103 cm³/mol. The molecule has 2 fully saturated rings. The second kappa shape index (κ2) is 8.21. The molecular weight excluding hydrogens is 324 g/mol. The third kappa shape index (κ3) is 4.09. The number of pyridine rings is 1. The maximum absolute atomic E-state index is 12.5. The zero-order chi connectivity index (χ0) is 17.8. The quantitative estimate of drug-likeness (QED) is 0.827. The van der Waals surface area contributed by atoms with Crippen LogP contribution >= 0.6 is 0 Å². The average molecular weight is 354 g/mol. The van der Waals surface area contributed by atoms with Gasteiger partial charge in [-0.2, -0.15) is 0 Å². The van der Waals surface area contributed by atoms with Gasteiger partial charge < -0.3 is 9.30 Å².